The largest absolute Gasteiger partial charge is 0.380 e. The van der Waals surface area contributed by atoms with Crippen LogP contribution in [0.1, 0.15) is 24.3 Å². The van der Waals surface area contributed by atoms with Crippen molar-refractivity contribution in [1.29, 1.82) is 0 Å². The van der Waals surface area contributed by atoms with Gasteiger partial charge < -0.3 is 11.1 Å². The summed E-state index contributed by atoms with van der Waals surface area (Å²) in [6.45, 7) is 3.98. The molecule has 3 aromatic rings. The second-order valence-corrected chi connectivity index (χ2v) is 6.07. The second kappa shape index (κ2) is 5.69. The molecule has 0 radical (unpaired) electrons. The highest BCUT2D eigenvalue weighted by atomic mass is 32.1. The van der Waals surface area contributed by atoms with E-state index in [1.165, 1.54) is 0 Å². The van der Waals surface area contributed by atoms with Gasteiger partial charge in [-0.05, 0) is 31.5 Å². The summed E-state index contributed by atoms with van der Waals surface area (Å²) in [5.41, 5.74) is 9.72. The van der Waals surface area contributed by atoms with Crippen LogP contribution in [0.5, 0.6) is 0 Å². The molecule has 0 aliphatic rings. The van der Waals surface area contributed by atoms with Gasteiger partial charge in [0.2, 0.25) is 0 Å². The number of fused-ring (bicyclic) bond motifs is 1. The van der Waals surface area contributed by atoms with Crippen LogP contribution in [0.15, 0.2) is 29.9 Å². The number of nitrogens with two attached hydrogens (primary N) is 1. The van der Waals surface area contributed by atoms with Crippen molar-refractivity contribution >= 4 is 33.8 Å². The zero-order chi connectivity index (χ0) is 15.7. The fourth-order valence-corrected chi connectivity index (χ4v) is 2.84. The van der Waals surface area contributed by atoms with Gasteiger partial charge in [-0.1, -0.05) is 6.07 Å². The summed E-state index contributed by atoms with van der Waals surface area (Å²) in [6.07, 6.45) is 1.81. The van der Waals surface area contributed by atoms with E-state index in [0.29, 0.717) is 11.2 Å². The third kappa shape index (κ3) is 2.62. The van der Waals surface area contributed by atoms with Gasteiger partial charge in [-0.3, -0.25) is 9.78 Å². The van der Waals surface area contributed by atoms with Gasteiger partial charge in [0.05, 0.1) is 21.6 Å². The monoisotopic (exact) mass is 313 g/mol. The lowest BCUT2D eigenvalue weighted by molar-refractivity contribution is 0.0995. The summed E-state index contributed by atoms with van der Waals surface area (Å²) < 4.78 is 0. The van der Waals surface area contributed by atoms with Gasteiger partial charge >= 0.3 is 0 Å². The van der Waals surface area contributed by atoms with E-state index in [1.807, 2.05) is 38.2 Å². The molecular formula is C15H15N5OS. The molecule has 0 fully saturated rings. The van der Waals surface area contributed by atoms with Crippen molar-refractivity contribution < 1.29 is 4.79 Å². The highest BCUT2D eigenvalue weighted by Crippen LogP contribution is 2.31. The molecule has 0 atom stereocenters. The van der Waals surface area contributed by atoms with Crippen molar-refractivity contribution in [1.82, 2.24) is 15.2 Å². The Balaban J connectivity index is 2.25. The minimum absolute atomic E-state index is 0.137. The molecule has 1 aromatic carbocycles. The standard InChI is InChI=1S/C15H15N5OS/c1-8(2)18-13-10-5-9(12-6-17-7-22-12)3-4-11(10)19-20-14(13)15(16)21/h3-8H,1-2H3,(H2,16,21)(H,18,19). The number of aromatic nitrogens is 3. The van der Waals surface area contributed by atoms with Crippen LogP contribution in [-0.4, -0.2) is 27.1 Å². The van der Waals surface area contributed by atoms with Crippen molar-refractivity contribution in [3.05, 3.63) is 35.6 Å². The number of carbonyl (C=O) groups excluding carboxylic acids is 1. The Morgan fingerprint density at radius 3 is 2.77 bits per heavy atom. The van der Waals surface area contributed by atoms with Crippen LogP contribution >= 0.6 is 11.3 Å². The molecule has 0 saturated carbocycles. The van der Waals surface area contributed by atoms with Crippen LogP contribution in [0.2, 0.25) is 0 Å². The van der Waals surface area contributed by atoms with Crippen molar-refractivity contribution in [3.8, 4) is 10.4 Å². The number of hydrogen-bond acceptors (Lipinski definition) is 6. The number of thiazole rings is 1. The normalized spacial score (nSPS) is 11.0. The lowest BCUT2D eigenvalue weighted by atomic mass is 10.1. The average Bonchev–Trinajstić information content (AvgIpc) is 3.00. The number of anilines is 1. The summed E-state index contributed by atoms with van der Waals surface area (Å²) in [6, 6.07) is 5.97. The minimum Gasteiger partial charge on any atom is -0.380 e. The first kappa shape index (κ1) is 14.4. The summed E-state index contributed by atoms with van der Waals surface area (Å²) in [5.74, 6) is -0.597. The van der Waals surface area contributed by atoms with Crippen molar-refractivity contribution in [3.63, 3.8) is 0 Å². The van der Waals surface area contributed by atoms with E-state index in [0.717, 1.165) is 15.8 Å². The molecular weight excluding hydrogens is 298 g/mol. The van der Waals surface area contributed by atoms with E-state index in [1.54, 1.807) is 16.8 Å². The SMILES string of the molecule is CC(C)Nc1c(C(N)=O)nnc2ccc(-c3cncs3)cc12. The summed E-state index contributed by atoms with van der Waals surface area (Å²) in [5, 5.41) is 12.1. The lowest BCUT2D eigenvalue weighted by Gasteiger charge is -2.15. The first-order valence-electron chi connectivity index (χ1n) is 6.82. The molecule has 0 aliphatic carbocycles. The first-order valence-corrected chi connectivity index (χ1v) is 7.70. The van der Waals surface area contributed by atoms with Gasteiger partial charge in [0, 0.05) is 17.6 Å². The molecule has 112 valence electrons. The highest BCUT2D eigenvalue weighted by molar-refractivity contribution is 7.13. The molecule has 3 N–H and O–H groups in total. The number of amides is 1. The smallest absolute Gasteiger partial charge is 0.271 e. The number of primary amides is 1. The third-order valence-corrected chi connectivity index (χ3v) is 3.97. The summed E-state index contributed by atoms with van der Waals surface area (Å²) in [7, 11) is 0. The van der Waals surface area contributed by atoms with Crippen LogP contribution in [0.4, 0.5) is 5.69 Å². The number of hydrogen-bond donors (Lipinski definition) is 2. The zero-order valence-electron chi connectivity index (χ0n) is 12.2. The Labute approximate surface area is 131 Å². The highest BCUT2D eigenvalue weighted by Gasteiger charge is 2.16. The predicted molar refractivity (Wildman–Crippen MR) is 87.9 cm³/mol. The number of carbonyl (C=O) groups is 1. The van der Waals surface area contributed by atoms with Crippen LogP contribution in [0.25, 0.3) is 21.3 Å². The Kier molecular flexibility index (Phi) is 3.72. The molecule has 0 bridgehead atoms. The van der Waals surface area contributed by atoms with E-state index in [4.69, 9.17) is 5.73 Å². The minimum atomic E-state index is -0.597. The van der Waals surface area contributed by atoms with Gasteiger partial charge in [-0.25, -0.2) is 0 Å². The van der Waals surface area contributed by atoms with Crippen LogP contribution in [0, 0.1) is 0 Å². The van der Waals surface area contributed by atoms with Crippen molar-refractivity contribution in [2.75, 3.05) is 5.32 Å². The van der Waals surface area contributed by atoms with E-state index >= 15 is 0 Å². The lowest BCUT2D eigenvalue weighted by Crippen LogP contribution is -2.20. The maximum absolute atomic E-state index is 11.6. The summed E-state index contributed by atoms with van der Waals surface area (Å²) >= 11 is 1.56. The Morgan fingerprint density at radius 1 is 1.32 bits per heavy atom. The van der Waals surface area contributed by atoms with Gasteiger partial charge in [0.25, 0.3) is 5.91 Å². The molecule has 0 spiro atoms. The van der Waals surface area contributed by atoms with Gasteiger partial charge in [0.15, 0.2) is 5.69 Å². The second-order valence-electron chi connectivity index (χ2n) is 5.18. The molecule has 2 aromatic heterocycles. The molecule has 0 saturated heterocycles. The van der Waals surface area contributed by atoms with Gasteiger partial charge in [0.1, 0.15) is 0 Å². The van der Waals surface area contributed by atoms with Crippen LogP contribution < -0.4 is 11.1 Å². The third-order valence-electron chi connectivity index (χ3n) is 3.14. The molecule has 0 unspecified atom stereocenters. The van der Waals surface area contributed by atoms with Crippen molar-refractivity contribution in [2.24, 2.45) is 5.73 Å². The fourth-order valence-electron chi connectivity index (χ4n) is 2.22. The Hall–Kier alpha value is -2.54. The fraction of sp³-hybridized carbons (Fsp3) is 0.200. The maximum Gasteiger partial charge on any atom is 0.271 e. The van der Waals surface area contributed by atoms with Crippen LogP contribution in [-0.2, 0) is 0 Å². The topological polar surface area (TPSA) is 93.8 Å². The zero-order valence-corrected chi connectivity index (χ0v) is 13.0. The molecule has 0 aliphatic heterocycles. The molecule has 2 heterocycles. The first-order chi connectivity index (χ1) is 10.6. The Morgan fingerprint density at radius 2 is 2.14 bits per heavy atom. The quantitative estimate of drug-likeness (QED) is 0.772. The molecule has 6 nitrogen and oxygen atoms in total. The number of rotatable bonds is 4. The van der Waals surface area contributed by atoms with Crippen molar-refractivity contribution in [2.45, 2.75) is 19.9 Å². The van der Waals surface area contributed by atoms with E-state index < -0.39 is 5.91 Å². The predicted octanol–water partition coefficient (Wildman–Crippen LogP) is 2.67. The van der Waals surface area contributed by atoms with E-state index in [9.17, 15) is 4.79 Å². The van der Waals surface area contributed by atoms with Gasteiger partial charge in [-0.15, -0.1) is 21.5 Å². The maximum atomic E-state index is 11.6. The van der Waals surface area contributed by atoms with Gasteiger partial charge in [-0.2, -0.15) is 0 Å². The number of benzene rings is 1. The number of nitrogens with zero attached hydrogens (tertiary/aromatic N) is 3. The summed E-state index contributed by atoms with van der Waals surface area (Å²) in [4.78, 5) is 16.8. The molecule has 22 heavy (non-hydrogen) atoms. The number of nitrogens with one attached hydrogen (secondary N) is 1. The molecule has 7 heteroatoms. The molecule has 1 amide bonds. The molecule has 3 rings (SSSR count). The van der Waals surface area contributed by atoms with Crippen LogP contribution in [0.3, 0.4) is 0 Å². The van der Waals surface area contributed by atoms with E-state index in [2.05, 4.69) is 20.5 Å². The average molecular weight is 313 g/mol. The van der Waals surface area contributed by atoms with E-state index in [-0.39, 0.29) is 11.7 Å². The Bertz CT molecular complexity index is 829.